The second-order valence-electron chi connectivity index (χ2n) is 2.39. The predicted molar refractivity (Wildman–Crippen MR) is 43.5 cm³/mol. The Labute approximate surface area is 82.0 Å². The van der Waals surface area contributed by atoms with Crippen molar-refractivity contribution in [2.75, 3.05) is 0 Å². The Morgan fingerprint density at radius 3 is 2.43 bits per heavy atom. The molecule has 0 aliphatic carbocycles. The summed E-state index contributed by atoms with van der Waals surface area (Å²) in [7, 11) is 0. The highest BCUT2D eigenvalue weighted by Gasteiger charge is 2.31. The van der Waals surface area contributed by atoms with Crippen LogP contribution in [0.4, 0.5) is 13.2 Å². The van der Waals surface area contributed by atoms with Crippen molar-refractivity contribution in [3.8, 4) is 0 Å². The quantitative estimate of drug-likeness (QED) is 0.716. The Morgan fingerprint density at radius 1 is 1.50 bits per heavy atom. The molecule has 1 heterocycles. The van der Waals surface area contributed by atoms with E-state index in [2.05, 4.69) is 17.6 Å². The van der Waals surface area contributed by atoms with Gasteiger partial charge in [-0.15, -0.1) is 12.6 Å². The number of aromatic nitrogens is 1. The first-order valence-electron chi connectivity index (χ1n) is 3.32. The van der Waals surface area contributed by atoms with Crippen molar-refractivity contribution < 1.29 is 23.1 Å². The lowest BCUT2D eigenvalue weighted by atomic mass is 10.2. The van der Waals surface area contributed by atoms with Gasteiger partial charge in [-0.2, -0.15) is 13.2 Å². The summed E-state index contributed by atoms with van der Waals surface area (Å²) in [5.41, 5.74) is -1.52. The molecule has 0 aliphatic heterocycles. The van der Waals surface area contributed by atoms with Gasteiger partial charge in [-0.25, -0.2) is 9.78 Å². The Bertz CT molecular complexity index is 378. The van der Waals surface area contributed by atoms with E-state index in [1.165, 1.54) is 0 Å². The first-order chi connectivity index (χ1) is 6.32. The molecular weight excluding hydrogens is 219 g/mol. The van der Waals surface area contributed by atoms with Crippen molar-refractivity contribution in [3.63, 3.8) is 0 Å². The van der Waals surface area contributed by atoms with Gasteiger partial charge in [0.15, 0.2) is 5.69 Å². The molecule has 14 heavy (non-hydrogen) atoms. The summed E-state index contributed by atoms with van der Waals surface area (Å²) in [4.78, 5) is 13.2. The predicted octanol–water partition coefficient (Wildman–Crippen LogP) is 2.09. The summed E-state index contributed by atoms with van der Waals surface area (Å²) >= 11 is 3.60. The van der Waals surface area contributed by atoms with E-state index >= 15 is 0 Å². The number of carboxylic acids is 1. The van der Waals surface area contributed by atoms with Crippen molar-refractivity contribution >= 4 is 18.6 Å². The van der Waals surface area contributed by atoms with Gasteiger partial charge in [0.2, 0.25) is 0 Å². The fraction of sp³-hybridized carbons (Fsp3) is 0.143. The minimum Gasteiger partial charge on any atom is -0.476 e. The second kappa shape index (κ2) is 3.49. The van der Waals surface area contributed by atoms with Crippen LogP contribution in [0, 0.1) is 0 Å². The third-order valence-electron chi connectivity index (χ3n) is 1.40. The highest BCUT2D eigenvalue weighted by Crippen LogP contribution is 2.30. The molecule has 0 atom stereocenters. The lowest BCUT2D eigenvalue weighted by molar-refractivity contribution is -0.138. The van der Waals surface area contributed by atoms with E-state index in [4.69, 9.17) is 5.11 Å². The summed E-state index contributed by atoms with van der Waals surface area (Å²) in [6.07, 6.45) is -4.08. The molecule has 1 N–H and O–H groups in total. The number of rotatable bonds is 1. The van der Waals surface area contributed by atoms with Crippen LogP contribution in [0.25, 0.3) is 0 Å². The smallest absolute Gasteiger partial charge is 0.417 e. The van der Waals surface area contributed by atoms with Crippen LogP contribution in [-0.4, -0.2) is 16.1 Å². The number of pyridine rings is 1. The van der Waals surface area contributed by atoms with Gasteiger partial charge in [-0.05, 0) is 6.07 Å². The van der Waals surface area contributed by atoms with E-state index in [-0.39, 0.29) is 4.90 Å². The highest BCUT2D eigenvalue weighted by atomic mass is 32.1. The van der Waals surface area contributed by atoms with Crippen LogP contribution in [-0.2, 0) is 6.18 Å². The van der Waals surface area contributed by atoms with Crippen molar-refractivity contribution in [2.45, 2.75) is 11.1 Å². The molecule has 1 aromatic rings. The molecule has 0 radical (unpaired) electrons. The Morgan fingerprint density at radius 2 is 2.07 bits per heavy atom. The van der Waals surface area contributed by atoms with Crippen LogP contribution >= 0.6 is 12.6 Å². The summed E-state index contributed by atoms with van der Waals surface area (Å²) in [5, 5.41) is 8.47. The topological polar surface area (TPSA) is 50.2 Å². The second-order valence-corrected chi connectivity index (χ2v) is 2.88. The number of carboxylic acid groups (broad SMARTS) is 1. The average molecular weight is 223 g/mol. The molecule has 0 amide bonds. The summed E-state index contributed by atoms with van der Waals surface area (Å²) < 4.78 is 36.2. The van der Waals surface area contributed by atoms with Gasteiger partial charge >= 0.3 is 12.1 Å². The van der Waals surface area contributed by atoms with Crippen LogP contribution in [0.15, 0.2) is 17.2 Å². The number of hydrogen-bond acceptors (Lipinski definition) is 3. The maximum absolute atomic E-state index is 12.1. The van der Waals surface area contributed by atoms with Gasteiger partial charge in [0.05, 0.1) is 5.56 Å². The SMILES string of the molecule is O=C(O)c1ncc(C(F)(F)F)cc1S. The number of hydrogen-bond donors (Lipinski definition) is 2. The van der Waals surface area contributed by atoms with E-state index < -0.39 is 23.4 Å². The van der Waals surface area contributed by atoms with E-state index in [0.717, 1.165) is 0 Å². The van der Waals surface area contributed by atoms with Gasteiger partial charge < -0.3 is 5.11 Å². The van der Waals surface area contributed by atoms with Crippen LogP contribution in [0.2, 0.25) is 0 Å². The third kappa shape index (κ3) is 2.16. The largest absolute Gasteiger partial charge is 0.476 e. The molecule has 0 unspecified atom stereocenters. The molecule has 0 aromatic carbocycles. The van der Waals surface area contributed by atoms with Crippen molar-refractivity contribution in [3.05, 3.63) is 23.5 Å². The zero-order valence-corrected chi connectivity index (χ0v) is 7.43. The Balaban J connectivity index is 3.20. The van der Waals surface area contributed by atoms with Crippen molar-refractivity contribution in [1.29, 1.82) is 0 Å². The van der Waals surface area contributed by atoms with Crippen LogP contribution in [0.1, 0.15) is 16.1 Å². The molecule has 0 aliphatic rings. The monoisotopic (exact) mass is 223 g/mol. The molecule has 76 valence electrons. The van der Waals surface area contributed by atoms with E-state index in [9.17, 15) is 18.0 Å². The normalized spacial score (nSPS) is 11.4. The minimum atomic E-state index is -4.54. The Kier molecular flexibility index (Phi) is 2.70. The number of nitrogens with zero attached hydrogens (tertiary/aromatic N) is 1. The Hall–Kier alpha value is -1.24. The minimum absolute atomic E-state index is 0.313. The number of halogens is 3. The molecule has 3 nitrogen and oxygen atoms in total. The van der Waals surface area contributed by atoms with Gasteiger partial charge in [0, 0.05) is 11.1 Å². The van der Waals surface area contributed by atoms with Gasteiger partial charge in [0.1, 0.15) is 0 Å². The number of thiol groups is 1. The number of alkyl halides is 3. The van der Waals surface area contributed by atoms with Crippen LogP contribution in [0.5, 0.6) is 0 Å². The molecular formula is C7H4F3NO2S. The summed E-state index contributed by atoms with van der Waals surface area (Å²) in [6, 6.07) is 0.625. The van der Waals surface area contributed by atoms with Gasteiger partial charge in [-0.3, -0.25) is 0 Å². The van der Waals surface area contributed by atoms with Gasteiger partial charge in [-0.1, -0.05) is 0 Å². The fourth-order valence-electron chi connectivity index (χ4n) is 0.773. The zero-order valence-electron chi connectivity index (χ0n) is 6.54. The lowest BCUT2D eigenvalue weighted by Crippen LogP contribution is -2.09. The molecule has 0 saturated carbocycles. The van der Waals surface area contributed by atoms with Gasteiger partial charge in [0.25, 0.3) is 0 Å². The molecule has 0 fully saturated rings. The van der Waals surface area contributed by atoms with E-state index in [1.807, 2.05) is 0 Å². The van der Waals surface area contributed by atoms with E-state index in [0.29, 0.717) is 12.3 Å². The molecule has 0 bridgehead atoms. The van der Waals surface area contributed by atoms with E-state index in [1.54, 1.807) is 0 Å². The third-order valence-corrected chi connectivity index (χ3v) is 1.74. The molecule has 0 spiro atoms. The molecule has 1 rings (SSSR count). The number of carbonyl (C=O) groups is 1. The van der Waals surface area contributed by atoms with Crippen molar-refractivity contribution in [1.82, 2.24) is 4.98 Å². The first kappa shape index (κ1) is 10.8. The molecule has 7 heteroatoms. The lowest BCUT2D eigenvalue weighted by Gasteiger charge is -2.07. The molecule has 1 aromatic heterocycles. The number of aromatic carboxylic acids is 1. The average Bonchev–Trinajstić information content (AvgIpc) is 2.01. The standard InChI is InChI=1S/C7H4F3NO2S/c8-7(9,10)3-1-4(14)5(6(12)13)11-2-3/h1-2,14H,(H,12,13). The maximum Gasteiger partial charge on any atom is 0.417 e. The first-order valence-corrected chi connectivity index (χ1v) is 3.76. The zero-order chi connectivity index (χ0) is 10.9. The maximum atomic E-state index is 12.1. The molecule has 0 saturated heterocycles. The van der Waals surface area contributed by atoms with Crippen LogP contribution in [0.3, 0.4) is 0 Å². The van der Waals surface area contributed by atoms with Crippen LogP contribution < -0.4 is 0 Å². The fourth-order valence-corrected chi connectivity index (χ4v) is 1.07. The summed E-state index contributed by atoms with van der Waals surface area (Å²) in [5.74, 6) is -1.41. The highest BCUT2D eigenvalue weighted by molar-refractivity contribution is 7.80. The van der Waals surface area contributed by atoms with Crippen molar-refractivity contribution in [2.24, 2.45) is 0 Å². The summed E-state index contributed by atoms with van der Waals surface area (Å²) in [6.45, 7) is 0.